The molecule has 4 heteroatoms. The molecule has 2 unspecified atom stereocenters. The van der Waals surface area contributed by atoms with Gasteiger partial charge in [0.05, 0.1) is 6.10 Å². The van der Waals surface area contributed by atoms with Crippen LogP contribution < -0.4 is 0 Å². The standard InChI is InChI=1S/C16H16F2OS/c1-9-5-6-12(15(18)14(9)17)16(19)11-3-2-4-13-10(11)7-8-20-13/h5-8,11,16,19H,2-4H2,1H3. The highest BCUT2D eigenvalue weighted by Gasteiger charge is 2.30. The Labute approximate surface area is 120 Å². The van der Waals surface area contributed by atoms with Crippen LogP contribution in [0.3, 0.4) is 0 Å². The number of halogens is 2. The van der Waals surface area contributed by atoms with Crippen molar-refractivity contribution in [1.82, 2.24) is 0 Å². The molecule has 0 saturated heterocycles. The molecule has 0 aliphatic heterocycles. The van der Waals surface area contributed by atoms with Gasteiger partial charge in [0.2, 0.25) is 0 Å². The summed E-state index contributed by atoms with van der Waals surface area (Å²) in [6, 6.07) is 5.02. The molecule has 0 fully saturated rings. The minimum atomic E-state index is -0.987. The molecule has 1 aliphatic carbocycles. The minimum Gasteiger partial charge on any atom is -0.388 e. The van der Waals surface area contributed by atoms with Crippen LogP contribution in [0.25, 0.3) is 0 Å². The van der Waals surface area contributed by atoms with Crippen LogP contribution in [0.2, 0.25) is 0 Å². The number of thiophene rings is 1. The SMILES string of the molecule is Cc1ccc(C(O)C2CCCc3sccc32)c(F)c1F. The Morgan fingerprint density at radius 1 is 1.25 bits per heavy atom. The van der Waals surface area contributed by atoms with Crippen molar-refractivity contribution >= 4 is 11.3 Å². The number of aryl methyl sites for hydroxylation is 2. The summed E-state index contributed by atoms with van der Waals surface area (Å²) in [5.74, 6) is -1.91. The van der Waals surface area contributed by atoms with Crippen molar-refractivity contribution in [3.63, 3.8) is 0 Å². The fourth-order valence-corrected chi connectivity index (χ4v) is 3.95. The fourth-order valence-electron chi connectivity index (χ4n) is 2.96. The second kappa shape index (κ2) is 5.26. The number of hydrogen-bond donors (Lipinski definition) is 1. The number of aliphatic hydroxyl groups excluding tert-OH is 1. The maximum Gasteiger partial charge on any atom is 0.164 e. The number of hydrogen-bond acceptors (Lipinski definition) is 2. The van der Waals surface area contributed by atoms with Gasteiger partial charge in [0.25, 0.3) is 0 Å². The van der Waals surface area contributed by atoms with E-state index in [1.807, 2.05) is 11.4 Å². The molecule has 0 bridgehead atoms. The Kier molecular flexibility index (Phi) is 3.61. The number of rotatable bonds is 2. The lowest BCUT2D eigenvalue weighted by Gasteiger charge is -2.28. The van der Waals surface area contributed by atoms with E-state index in [4.69, 9.17) is 0 Å². The van der Waals surface area contributed by atoms with Crippen LogP contribution in [-0.4, -0.2) is 5.11 Å². The summed E-state index contributed by atoms with van der Waals surface area (Å²) in [6.07, 6.45) is 1.81. The summed E-state index contributed by atoms with van der Waals surface area (Å²) >= 11 is 1.67. The van der Waals surface area contributed by atoms with Gasteiger partial charge in [-0.3, -0.25) is 0 Å². The zero-order chi connectivity index (χ0) is 14.3. The molecule has 3 rings (SSSR count). The third kappa shape index (κ3) is 2.17. The van der Waals surface area contributed by atoms with Crippen molar-refractivity contribution in [2.75, 3.05) is 0 Å². The molecular weight excluding hydrogens is 278 g/mol. The molecule has 0 spiro atoms. The highest BCUT2D eigenvalue weighted by Crippen LogP contribution is 2.43. The summed E-state index contributed by atoms with van der Waals surface area (Å²) in [6.45, 7) is 1.52. The molecule has 2 atom stereocenters. The van der Waals surface area contributed by atoms with Gasteiger partial charge in [-0.25, -0.2) is 8.78 Å². The molecule has 0 amide bonds. The average Bonchev–Trinajstić information content (AvgIpc) is 2.92. The number of benzene rings is 1. The van der Waals surface area contributed by atoms with Gasteiger partial charge in [0.1, 0.15) is 0 Å². The van der Waals surface area contributed by atoms with E-state index in [9.17, 15) is 13.9 Å². The summed E-state index contributed by atoms with van der Waals surface area (Å²) in [5, 5.41) is 12.5. The Morgan fingerprint density at radius 3 is 2.85 bits per heavy atom. The van der Waals surface area contributed by atoms with Gasteiger partial charge in [-0.15, -0.1) is 11.3 Å². The fraction of sp³-hybridized carbons (Fsp3) is 0.375. The molecular formula is C16H16F2OS. The molecule has 106 valence electrons. The van der Waals surface area contributed by atoms with E-state index in [0.29, 0.717) is 0 Å². The van der Waals surface area contributed by atoms with Crippen molar-refractivity contribution in [2.45, 2.75) is 38.2 Å². The van der Waals surface area contributed by atoms with Gasteiger partial charge in [-0.1, -0.05) is 12.1 Å². The maximum atomic E-state index is 14.0. The molecule has 0 saturated carbocycles. The van der Waals surface area contributed by atoms with Crippen LogP contribution in [-0.2, 0) is 6.42 Å². The summed E-state index contributed by atoms with van der Waals surface area (Å²) in [7, 11) is 0. The van der Waals surface area contributed by atoms with Gasteiger partial charge in [0.15, 0.2) is 11.6 Å². The molecule has 1 aromatic carbocycles. The van der Waals surface area contributed by atoms with Crippen molar-refractivity contribution < 1.29 is 13.9 Å². The molecule has 0 radical (unpaired) electrons. The van der Waals surface area contributed by atoms with Gasteiger partial charge >= 0.3 is 0 Å². The first-order valence-electron chi connectivity index (χ1n) is 6.78. The monoisotopic (exact) mass is 294 g/mol. The average molecular weight is 294 g/mol. The highest BCUT2D eigenvalue weighted by atomic mass is 32.1. The smallest absolute Gasteiger partial charge is 0.164 e. The largest absolute Gasteiger partial charge is 0.388 e. The van der Waals surface area contributed by atoms with Crippen LogP contribution in [0.15, 0.2) is 23.6 Å². The van der Waals surface area contributed by atoms with E-state index >= 15 is 0 Å². The summed E-state index contributed by atoms with van der Waals surface area (Å²) in [5.41, 5.74) is 1.42. The number of aliphatic hydroxyl groups is 1. The second-order valence-electron chi connectivity index (χ2n) is 5.34. The highest BCUT2D eigenvalue weighted by molar-refractivity contribution is 7.10. The van der Waals surface area contributed by atoms with Gasteiger partial charge in [-0.05, 0) is 48.8 Å². The predicted octanol–water partition coefficient (Wildman–Crippen LogP) is 4.49. The van der Waals surface area contributed by atoms with E-state index in [0.717, 1.165) is 24.8 Å². The summed E-state index contributed by atoms with van der Waals surface area (Å²) in [4.78, 5) is 1.26. The lowest BCUT2D eigenvalue weighted by Crippen LogP contribution is -2.17. The lowest BCUT2D eigenvalue weighted by atomic mass is 9.81. The molecule has 20 heavy (non-hydrogen) atoms. The zero-order valence-corrected chi connectivity index (χ0v) is 12.0. The molecule has 1 aliphatic rings. The van der Waals surface area contributed by atoms with E-state index in [-0.39, 0.29) is 17.0 Å². The Bertz CT molecular complexity index is 635. The minimum absolute atomic E-state index is 0.0668. The molecule has 1 heterocycles. The Balaban J connectivity index is 1.99. The van der Waals surface area contributed by atoms with E-state index in [2.05, 4.69) is 0 Å². The lowest BCUT2D eigenvalue weighted by molar-refractivity contribution is 0.131. The van der Waals surface area contributed by atoms with Crippen molar-refractivity contribution in [1.29, 1.82) is 0 Å². The molecule has 1 aromatic heterocycles. The van der Waals surface area contributed by atoms with Crippen LogP contribution >= 0.6 is 11.3 Å². The third-order valence-corrected chi connectivity index (χ3v) is 5.10. The first kappa shape index (κ1) is 13.7. The van der Waals surface area contributed by atoms with E-state index in [1.165, 1.54) is 23.9 Å². The quantitative estimate of drug-likeness (QED) is 0.865. The normalized spacial score (nSPS) is 19.7. The first-order valence-corrected chi connectivity index (χ1v) is 7.66. The zero-order valence-electron chi connectivity index (χ0n) is 11.2. The number of fused-ring (bicyclic) bond motifs is 1. The van der Waals surface area contributed by atoms with Gasteiger partial charge < -0.3 is 5.11 Å². The molecule has 1 nitrogen and oxygen atoms in total. The Hall–Kier alpha value is -1.26. The molecule has 2 aromatic rings. The first-order chi connectivity index (χ1) is 9.59. The topological polar surface area (TPSA) is 20.2 Å². The molecule has 1 N–H and O–H groups in total. The predicted molar refractivity (Wildman–Crippen MR) is 76.1 cm³/mol. The van der Waals surface area contributed by atoms with Crippen LogP contribution in [0.5, 0.6) is 0 Å². The summed E-state index contributed by atoms with van der Waals surface area (Å²) < 4.78 is 27.7. The van der Waals surface area contributed by atoms with Crippen molar-refractivity contribution in [2.24, 2.45) is 0 Å². The van der Waals surface area contributed by atoms with E-state index in [1.54, 1.807) is 11.3 Å². The van der Waals surface area contributed by atoms with Crippen molar-refractivity contribution in [3.05, 3.63) is 56.8 Å². The Morgan fingerprint density at radius 2 is 2.05 bits per heavy atom. The van der Waals surface area contributed by atoms with Crippen molar-refractivity contribution in [3.8, 4) is 0 Å². The maximum absolute atomic E-state index is 14.0. The van der Waals surface area contributed by atoms with Gasteiger partial charge in [0, 0.05) is 16.4 Å². The second-order valence-corrected chi connectivity index (χ2v) is 6.34. The van der Waals surface area contributed by atoms with Crippen LogP contribution in [0, 0.1) is 18.6 Å². The van der Waals surface area contributed by atoms with Crippen LogP contribution in [0.1, 0.15) is 46.4 Å². The van der Waals surface area contributed by atoms with Crippen LogP contribution in [0.4, 0.5) is 8.78 Å². The van der Waals surface area contributed by atoms with Gasteiger partial charge in [-0.2, -0.15) is 0 Å². The third-order valence-electron chi connectivity index (χ3n) is 4.10. The van der Waals surface area contributed by atoms with E-state index < -0.39 is 17.7 Å².